The molecule has 0 radical (unpaired) electrons. The molecule has 0 heterocycles. The molecule has 1 aromatic carbocycles. The summed E-state index contributed by atoms with van der Waals surface area (Å²) in [6.45, 7) is 0. The molecule has 21 heavy (non-hydrogen) atoms. The maximum atomic E-state index is 12.6. The second-order valence-electron chi connectivity index (χ2n) is 5.76. The minimum atomic E-state index is -0.0615. The molecule has 0 spiro atoms. The highest BCUT2D eigenvalue weighted by Crippen LogP contribution is 2.32. The Bertz CT molecular complexity index is 652. The van der Waals surface area contributed by atoms with Gasteiger partial charge in [-0.2, -0.15) is 0 Å². The largest absolute Gasteiger partial charge is 0.300 e. The topological polar surface area (TPSA) is 51.2 Å². The number of fused-ring (bicyclic) bond motifs is 1. The molecule has 2 aliphatic carbocycles. The average molecular weight is 282 g/mol. The highest BCUT2D eigenvalue weighted by Gasteiger charge is 2.31. The average Bonchev–Trinajstić information content (AvgIpc) is 2.51. The SMILES string of the molecule is O=C1CCCCCC2=C(CC1)C(=O)c1ccccc1C2=O. The Balaban J connectivity index is 2.03. The van der Waals surface area contributed by atoms with Crippen molar-refractivity contribution < 1.29 is 14.4 Å². The number of hydrogen-bond donors (Lipinski definition) is 0. The van der Waals surface area contributed by atoms with Gasteiger partial charge in [0.2, 0.25) is 0 Å². The number of carbonyl (C=O) groups is 3. The fourth-order valence-electron chi connectivity index (χ4n) is 3.20. The molecule has 0 saturated heterocycles. The molecule has 0 bridgehead atoms. The number of Topliss-reactive ketones (excluding diaryl/α,β-unsaturated/α-hetero) is 3. The number of ketones is 3. The van der Waals surface area contributed by atoms with Gasteiger partial charge < -0.3 is 0 Å². The van der Waals surface area contributed by atoms with E-state index in [2.05, 4.69) is 0 Å². The van der Waals surface area contributed by atoms with Crippen molar-refractivity contribution in [1.29, 1.82) is 0 Å². The molecule has 0 saturated carbocycles. The van der Waals surface area contributed by atoms with Gasteiger partial charge in [0.05, 0.1) is 0 Å². The summed E-state index contributed by atoms with van der Waals surface area (Å²) in [4.78, 5) is 37.1. The van der Waals surface area contributed by atoms with Crippen LogP contribution in [-0.2, 0) is 4.79 Å². The van der Waals surface area contributed by atoms with E-state index in [1.165, 1.54) is 0 Å². The highest BCUT2D eigenvalue weighted by atomic mass is 16.1. The van der Waals surface area contributed by atoms with Gasteiger partial charge in [0.25, 0.3) is 0 Å². The van der Waals surface area contributed by atoms with E-state index in [1.54, 1.807) is 24.3 Å². The monoisotopic (exact) mass is 282 g/mol. The zero-order valence-corrected chi connectivity index (χ0v) is 12.0. The molecule has 0 fully saturated rings. The van der Waals surface area contributed by atoms with Crippen LogP contribution in [0.5, 0.6) is 0 Å². The zero-order valence-electron chi connectivity index (χ0n) is 12.0. The van der Waals surface area contributed by atoms with Gasteiger partial charge in [0.1, 0.15) is 5.78 Å². The predicted octanol–water partition coefficient (Wildman–Crippen LogP) is 3.68. The minimum absolute atomic E-state index is 0.0202. The molecule has 0 unspecified atom stereocenters. The van der Waals surface area contributed by atoms with Gasteiger partial charge in [0, 0.05) is 35.1 Å². The molecular weight excluding hydrogens is 264 g/mol. The molecule has 3 heteroatoms. The van der Waals surface area contributed by atoms with Crippen molar-refractivity contribution in [3.63, 3.8) is 0 Å². The van der Waals surface area contributed by atoms with Crippen molar-refractivity contribution in [2.24, 2.45) is 0 Å². The van der Waals surface area contributed by atoms with Gasteiger partial charge in [-0.1, -0.05) is 30.7 Å². The summed E-state index contributed by atoms with van der Waals surface area (Å²) in [5, 5.41) is 0. The molecule has 1 aromatic rings. The predicted molar refractivity (Wildman–Crippen MR) is 79.5 cm³/mol. The lowest BCUT2D eigenvalue weighted by molar-refractivity contribution is -0.119. The van der Waals surface area contributed by atoms with Crippen LogP contribution in [0.2, 0.25) is 0 Å². The number of allylic oxidation sites excluding steroid dienone is 2. The summed E-state index contributed by atoms with van der Waals surface area (Å²) in [7, 11) is 0. The van der Waals surface area contributed by atoms with Gasteiger partial charge in [-0.25, -0.2) is 0 Å². The summed E-state index contributed by atoms with van der Waals surface area (Å²) in [5.41, 5.74) is 2.23. The smallest absolute Gasteiger partial charge is 0.190 e. The second kappa shape index (κ2) is 5.76. The van der Waals surface area contributed by atoms with Crippen LogP contribution in [-0.4, -0.2) is 17.3 Å². The van der Waals surface area contributed by atoms with E-state index in [-0.39, 0.29) is 17.3 Å². The first-order valence-corrected chi connectivity index (χ1v) is 7.60. The van der Waals surface area contributed by atoms with Crippen molar-refractivity contribution in [3.8, 4) is 0 Å². The van der Waals surface area contributed by atoms with Crippen LogP contribution in [0, 0.1) is 0 Å². The lowest BCUT2D eigenvalue weighted by atomic mass is 9.79. The second-order valence-corrected chi connectivity index (χ2v) is 5.76. The normalized spacial score (nSPS) is 20.1. The lowest BCUT2D eigenvalue weighted by Crippen LogP contribution is -2.23. The summed E-state index contributed by atoms with van der Waals surface area (Å²) in [6.07, 6.45) is 4.73. The molecule has 2 aliphatic rings. The van der Waals surface area contributed by atoms with Crippen LogP contribution in [0.4, 0.5) is 0 Å². The van der Waals surface area contributed by atoms with Crippen LogP contribution in [0.25, 0.3) is 0 Å². The summed E-state index contributed by atoms with van der Waals surface area (Å²) in [5.74, 6) is 0.115. The Kier molecular flexibility index (Phi) is 3.82. The fourth-order valence-corrected chi connectivity index (χ4v) is 3.20. The maximum Gasteiger partial charge on any atom is 0.190 e. The third kappa shape index (κ3) is 2.60. The molecule has 3 rings (SSSR count). The van der Waals surface area contributed by atoms with E-state index in [0.717, 1.165) is 19.3 Å². The van der Waals surface area contributed by atoms with Crippen molar-refractivity contribution in [3.05, 3.63) is 46.5 Å². The fraction of sp³-hybridized carbons (Fsp3) is 0.389. The van der Waals surface area contributed by atoms with Crippen LogP contribution in [0.1, 0.15) is 65.7 Å². The molecule has 0 aliphatic heterocycles. The van der Waals surface area contributed by atoms with E-state index in [1.807, 2.05) is 0 Å². The lowest BCUT2D eigenvalue weighted by Gasteiger charge is -2.22. The maximum absolute atomic E-state index is 12.6. The van der Waals surface area contributed by atoms with Crippen LogP contribution in [0.3, 0.4) is 0 Å². The third-order valence-corrected chi connectivity index (χ3v) is 4.37. The molecule has 3 nitrogen and oxygen atoms in total. The Hall–Kier alpha value is -2.03. The standard InChI is InChI=1S/C18H18O3/c19-12-6-2-1-3-7-15-16(11-10-12)18(21)14-9-5-4-8-13(14)17(15)20/h4-5,8-9H,1-3,6-7,10-11H2. The molecule has 0 aromatic heterocycles. The number of hydrogen-bond acceptors (Lipinski definition) is 3. The molecular formula is C18H18O3. The first kappa shape index (κ1) is 13.9. The van der Waals surface area contributed by atoms with E-state index in [9.17, 15) is 14.4 Å². The molecule has 0 amide bonds. The van der Waals surface area contributed by atoms with E-state index in [4.69, 9.17) is 0 Å². The third-order valence-electron chi connectivity index (χ3n) is 4.37. The first-order valence-electron chi connectivity index (χ1n) is 7.60. The Morgan fingerprint density at radius 1 is 0.619 bits per heavy atom. The van der Waals surface area contributed by atoms with Gasteiger partial charge in [-0.3, -0.25) is 14.4 Å². The van der Waals surface area contributed by atoms with Crippen molar-refractivity contribution >= 4 is 17.3 Å². The van der Waals surface area contributed by atoms with Crippen molar-refractivity contribution in [2.45, 2.75) is 44.9 Å². The van der Waals surface area contributed by atoms with Gasteiger partial charge in [-0.05, 0) is 25.7 Å². The number of benzene rings is 1. The van der Waals surface area contributed by atoms with E-state index in [0.29, 0.717) is 48.0 Å². The van der Waals surface area contributed by atoms with E-state index < -0.39 is 0 Å². The minimum Gasteiger partial charge on any atom is -0.300 e. The summed E-state index contributed by atoms with van der Waals surface area (Å²) < 4.78 is 0. The Morgan fingerprint density at radius 3 is 1.86 bits per heavy atom. The van der Waals surface area contributed by atoms with Crippen LogP contribution in [0.15, 0.2) is 35.4 Å². The summed E-state index contributed by atoms with van der Waals surface area (Å²) >= 11 is 0. The first-order chi connectivity index (χ1) is 10.2. The molecule has 0 atom stereocenters. The van der Waals surface area contributed by atoms with Crippen molar-refractivity contribution in [2.75, 3.05) is 0 Å². The molecule has 0 N–H and O–H groups in total. The van der Waals surface area contributed by atoms with Gasteiger partial charge in [-0.15, -0.1) is 0 Å². The van der Waals surface area contributed by atoms with Crippen molar-refractivity contribution in [1.82, 2.24) is 0 Å². The van der Waals surface area contributed by atoms with Crippen LogP contribution < -0.4 is 0 Å². The Morgan fingerprint density at radius 2 is 1.19 bits per heavy atom. The quantitative estimate of drug-likeness (QED) is 0.729. The highest BCUT2D eigenvalue weighted by molar-refractivity contribution is 6.27. The number of carbonyl (C=O) groups excluding carboxylic acids is 3. The zero-order chi connectivity index (χ0) is 14.8. The Labute approximate surface area is 124 Å². The molecule has 108 valence electrons. The number of rotatable bonds is 0. The van der Waals surface area contributed by atoms with Gasteiger partial charge >= 0.3 is 0 Å². The van der Waals surface area contributed by atoms with E-state index >= 15 is 0 Å². The van der Waals surface area contributed by atoms with Gasteiger partial charge in [0.15, 0.2) is 11.6 Å². The summed E-state index contributed by atoms with van der Waals surface area (Å²) in [6, 6.07) is 7.00. The van der Waals surface area contributed by atoms with Crippen LogP contribution >= 0.6 is 0 Å².